The quantitative estimate of drug-likeness (QED) is 0.423. The Hall–Kier alpha value is -0.370. The van der Waals surface area contributed by atoms with Crippen molar-refractivity contribution in [2.75, 3.05) is 7.05 Å². The number of benzene rings is 1. The normalized spacial score (nSPS) is 12.6. The molecule has 0 aliphatic heterocycles. The topological polar surface area (TPSA) is 36.4 Å². The Morgan fingerprint density at radius 1 is 1.47 bits per heavy atom. The van der Waals surface area contributed by atoms with Crippen LogP contribution >= 0.6 is 39.9 Å². The van der Waals surface area contributed by atoms with E-state index < -0.39 is 0 Å². The van der Waals surface area contributed by atoms with Crippen molar-refractivity contribution < 1.29 is 4.39 Å². The second kappa shape index (κ2) is 9.52. The van der Waals surface area contributed by atoms with Gasteiger partial charge in [-0.25, -0.2) is 4.39 Å². The van der Waals surface area contributed by atoms with Gasteiger partial charge in [-0.05, 0) is 37.1 Å². The predicted molar refractivity (Wildman–Crippen MR) is 92.6 cm³/mol. The largest absolute Gasteiger partial charge is 0.354 e. The fraction of sp³-hybridized carbons (Fsp3) is 0.462. The van der Waals surface area contributed by atoms with Gasteiger partial charge in [-0.3, -0.25) is 4.99 Å². The highest BCUT2D eigenvalue weighted by Gasteiger charge is 2.05. The van der Waals surface area contributed by atoms with Gasteiger partial charge in [-0.15, -0.1) is 24.0 Å². The van der Waals surface area contributed by atoms with Gasteiger partial charge in [0.15, 0.2) is 5.96 Å². The lowest BCUT2D eigenvalue weighted by Gasteiger charge is -2.16. The summed E-state index contributed by atoms with van der Waals surface area (Å²) in [5, 5.41) is 6.41. The molecule has 19 heavy (non-hydrogen) atoms. The second-order valence-electron chi connectivity index (χ2n) is 4.12. The van der Waals surface area contributed by atoms with Crippen molar-refractivity contribution in [1.29, 1.82) is 0 Å². The van der Waals surface area contributed by atoms with Gasteiger partial charge < -0.3 is 10.6 Å². The fourth-order valence-electron chi connectivity index (χ4n) is 1.39. The molecule has 1 unspecified atom stereocenters. The lowest BCUT2D eigenvalue weighted by atomic mass is 10.2. The van der Waals surface area contributed by atoms with Gasteiger partial charge in [0, 0.05) is 24.1 Å². The van der Waals surface area contributed by atoms with Crippen LogP contribution in [0.1, 0.15) is 25.8 Å². The molecule has 0 fully saturated rings. The lowest BCUT2D eigenvalue weighted by molar-refractivity contribution is 0.617. The number of hydrogen-bond donors (Lipinski definition) is 2. The van der Waals surface area contributed by atoms with Gasteiger partial charge in [-0.1, -0.05) is 22.9 Å². The van der Waals surface area contributed by atoms with E-state index in [1.165, 1.54) is 12.1 Å². The van der Waals surface area contributed by atoms with E-state index in [1.807, 2.05) is 0 Å². The van der Waals surface area contributed by atoms with E-state index in [2.05, 4.69) is 45.4 Å². The van der Waals surface area contributed by atoms with Crippen LogP contribution in [-0.4, -0.2) is 19.0 Å². The molecule has 1 rings (SSSR count). The maximum atomic E-state index is 13.1. The van der Waals surface area contributed by atoms with Crippen LogP contribution in [0.4, 0.5) is 4.39 Å². The maximum Gasteiger partial charge on any atom is 0.191 e. The van der Waals surface area contributed by atoms with Crippen molar-refractivity contribution in [3.8, 4) is 0 Å². The lowest BCUT2D eigenvalue weighted by Crippen LogP contribution is -2.41. The third-order valence-corrected chi connectivity index (χ3v) is 3.45. The summed E-state index contributed by atoms with van der Waals surface area (Å²) >= 11 is 3.40. The Morgan fingerprint density at radius 2 is 2.16 bits per heavy atom. The van der Waals surface area contributed by atoms with Gasteiger partial charge in [-0.2, -0.15) is 0 Å². The van der Waals surface area contributed by atoms with E-state index in [9.17, 15) is 4.39 Å². The molecule has 1 aromatic carbocycles. The summed E-state index contributed by atoms with van der Waals surface area (Å²) in [5.74, 6) is 0.486. The van der Waals surface area contributed by atoms with E-state index in [4.69, 9.17) is 0 Å². The Bertz CT molecular complexity index is 426. The van der Waals surface area contributed by atoms with E-state index in [0.29, 0.717) is 12.6 Å². The average Bonchev–Trinajstić information content (AvgIpc) is 2.37. The molecule has 6 heteroatoms. The van der Waals surface area contributed by atoms with Gasteiger partial charge in [0.25, 0.3) is 0 Å². The van der Waals surface area contributed by atoms with Crippen molar-refractivity contribution >= 4 is 45.9 Å². The standard InChI is InChI=1S/C13H19BrFN3.HI/c1-4-9(2)18-13(16-3)17-8-10-7-11(15)5-6-12(10)14;/h5-7,9H,4,8H2,1-3H3,(H2,16,17,18);1H. The molecule has 1 aromatic rings. The molecular formula is C13H20BrFIN3. The van der Waals surface area contributed by atoms with Crippen LogP contribution in [0.15, 0.2) is 27.7 Å². The predicted octanol–water partition coefficient (Wildman–Crippen LogP) is 3.67. The number of rotatable bonds is 4. The number of hydrogen-bond acceptors (Lipinski definition) is 1. The van der Waals surface area contributed by atoms with Crippen molar-refractivity contribution in [2.24, 2.45) is 4.99 Å². The van der Waals surface area contributed by atoms with Crippen LogP contribution in [0.3, 0.4) is 0 Å². The molecule has 0 heterocycles. The molecule has 1 atom stereocenters. The minimum Gasteiger partial charge on any atom is -0.354 e. The van der Waals surface area contributed by atoms with Crippen LogP contribution < -0.4 is 10.6 Å². The summed E-state index contributed by atoms with van der Waals surface area (Å²) in [5.41, 5.74) is 0.863. The molecule has 0 saturated carbocycles. The highest BCUT2D eigenvalue weighted by Crippen LogP contribution is 2.17. The molecule has 0 radical (unpaired) electrons. The fourth-order valence-corrected chi connectivity index (χ4v) is 1.77. The van der Waals surface area contributed by atoms with Crippen molar-refractivity contribution in [1.82, 2.24) is 10.6 Å². The monoisotopic (exact) mass is 443 g/mol. The molecule has 2 N–H and O–H groups in total. The van der Waals surface area contributed by atoms with E-state index >= 15 is 0 Å². The Morgan fingerprint density at radius 3 is 2.74 bits per heavy atom. The summed E-state index contributed by atoms with van der Waals surface area (Å²) in [4.78, 5) is 4.13. The first-order valence-corrected chi connectivity index (χ1v) is 6.77. The summed E-state index contributed by atoms with van der Waals surface area (Å²) in [6.45, 7) is 4.72. The smallest absolute Gasteiger partial charge is 0.191 e. The summed E-state index contributed by atoms with van der Waals surface area (Å²) < 4.78 is 14.0. The Balaban J connectivity index is 0.00000324. The number of guanidine groups is 1. The van der Waals surface area contributed by atoms with E-state index in [-0.39, 0.29) is 29.8 Å². The zero-order chi connectivity index (χ0) is 13.5. The molecule has 0 aliphatic carbocycles. The minimum atomic E-state index is -0.236. The van der Waals surface area contributed by atoms with Gasteiger partial charge >= 0.3 is 0 Å². The molecule has 0 aliphatic rings. The molecule has 0 amide bonds. The third-order valence-electron chi connectivity index (χ3n) is 2.67. The first-order chi connectivity index (χ1) is 8.56. The highest BCUT2D eigenvalue weighted by molar-refractivity contribution is 14.0. The first kappa shape index (κ1) is 18.6. The van der Waals surface area contributed by atoms with Crippen LogP contribution in [0.25, 0.3) is 0 Å². The van der Waals surface area contributed by atoms with Crippen molar-refractivity contribution in [3.63, 3.8) is 0 Å². The molecule has 0 spiro atoms. The number of aliphatic imine (C=N–C) groups is 1. The zero-order valence-electron chi connectivity index (χ0n) is 11.3. The molecule has 3 nitrogen and oxygen atoms in total. The number of nitrogens with one attached hydrogen (secondary N) is 2. The minimum absolute atomic E-state index is 0. The van der Waals surface area contributed by atoms with Crippen LogP contribution in [0.2, 0.25) is 0 Å². The van der Waals surface area contributed by atoms with Gasteiger partial charge in [0.2, 0.25) is 0 Å². The van der Waals surface area contributed by atoms with Crippen LogP contribution in [0, 0.1) is 5.82 Å². The molecule has 0 saturated heterocycles. The van der Waals surface area contributed by atoms with Crippen LogP contribution in [-0.2, 0) is 6.54 Å². The Labute approximate surface area is 139 Å². The van der Waals surface area contributed by atoms with Crippen molar-refractivity contribution in [3.05, 3.63) is 34.1 Å². The van der Waals surface area contributed by atoms with Gasteiger partial charge in [0.1, 0.15) is 5.82 Å². The average molecular weight is 444 g/mol. The molecular weight excluding hydrogens is 424 g/mol. The first-order valence-electron chi connectivity index (χ1n) is 5.98. The maximum absolute atomic E-state index is 13.1. The van der Waals surface area contributed by atoms with E-state index in [1.54, 1.807) is 13.1 Å². The molecule has 108 valence electrons. The summed E-state index contributed by atoms with van der Waals surface area (Å²) in [6.07, 6.45) is 1.02. The van der Waals surface area contributed by atoms with Crippen molar-refractivity contribution in [2.45, 2.75) is 32.9 Å². The number of halogens is 3. The Kier molecular flexibility index (Phi) is 9.34. The van der Waals surface area contributed by atoms with E-state index in [0.717, 1.165) is 22.4 Å². The highest BCUT2D eigenvalue weighted by atomic mass is 127. The molecule has 0 bridgehead atoms. The number of nitrogens with zero attached hydrogens (tertiary/aromatic N) is 1. The summed E-state index contributed by atoms with van der Waals surface area (Å²) in [6, 6.07) is 5.00. The third kappa shape index (κ3) is 6.56. The second-order valence-corrected chi connectivity index (χ2v) is 4.97. The van der Waals surface area contributed by atoms with Gasteiger partial charge in [0.05, 0.1) is 0 Å². The SMILES string of the molecule is CCC(C)NC(=NC)NCc1cc(F)ccc1Br.I. The summed E-state index contributed by atoms with van der Waals surface area (Å²) in [7, 11) is 1.72. The zero-order valence-corrected chi connectivity index (χ0v) is 15.3. The molecule has 0 aromatic heterocycles. The van der Waals surface area contributed by atoms with Crippen LogP contribution in [0.5, 0.6) is 0 Å².